The van der Waals surface area contributed by atoms with E-state index in [9.17, 15) is 4.39 Å². The van der Waals surface area contributed by atoms with Crippen molar-refractivity contribution in [2.75, 3.05) is 54.0 Å². The number of H-pyrrole nitrogens is 3. The average Bonchev–Trinajstić information content (AvgIpc) is 1.59. The number of fused-ring (bicyclic) bond motifs is 6. The van der Waals surface area contributed by atoms with Crippen molar-refractivity contribution in [2.45, 2.75) is 181 Å². The molecule has 634 valence electrons. The molecule has 1 aliphatic carbocycles. The number of halogens is 1. The summed E-state index contributed by atoms with van der Waals surface area (Å²) in [6, 6.07) is 44.6. The van der Waals surface area contributed by atoms with Crippen molar-refractivity contribution in [3.05, 3.63) is 285 Å². The number of piperazine rings is 3. The molecular formula is C94H101FN30. The van der Waals surface area contributed by atoms with Crippen LogP contribution < -0.4 is 14.7 Å². The first-order chi connectivity index (χ1) is 60.8. The number of anilines is 3. The van der Waals surface area contributed by atoms with E-state index < -0.39 is 0 Å². The Morgan fingerprint density at radius 2 is 0.816 bits per heavy atom. The van der Waals surface area contributed by atoms with E-state index in [1.165, 1.54) is 71.7 Å². The highest BCUT2D eigenvalue weighted by atomic mass is 19.1. The maximum Gasteiger partial charge on any atom is 0.161 e. The zero-order valence-electron chi connectivity index (χ0n) is 71.8. The van der Waals surface area contributed by atoms with Crippen LogP contribution >= 0.6 is 0 Å². The summed E-state index contributed by atoms with van der Waals surface area (Å²) in [6.45, 7) is 26.9. The van der Waals surface area contributed by atoms with Crippen LogP contribution in [0.4, 0.5) is 21.8 Å². The van der Waals surface area contributed by atoms with Gasteiger partial charge in [0, 0.05) is 226 Å². The lowest BCUT2D eigenvalue weighted by Crippen LogP contribution is -2.68. The van der Waals surface area contributed by atoms with Crippen LogP contribution in [0.15, 0.2) is 177 Å². The molecular weight excluding hydrogens is 1570 g/mol. The molecule has 9 aliphatic heterocycles. The number of hydrogen-bond donors (Lipinski definition) is 3. The summed E-state index contributed by atoms with van der Waals surface area (Å²) in [4.78, 5) is 71.9. The third kappa shape index (κ3) is 17.7. The minimum Gasteiger partial charge on any atom is -0.353 e. The molecule has 125 heavy (non-hydrogen) atoms. The molecule has 6 unspecified atom stereocenters. The molecule has 25 rings (SSSR count). The van der Waals surface area contributed by atoms with Gasteiger partial charge in [-0.25, -0.2) is 78.2 Å². The summed E-state index contributed by atoms with van der Waals surface area (Å²) < 4.78 is 18.6. The maximum absolute atomic E-state index is 13.3. The normalized spacial score (nSPS) is 19.0. The van der Waals surface area contributed by atoms with Gasteiger partial charge in [-0.1, -0.05) is 32.0 Å². The van der Waals surface area contributed by atoms with Gasteiger partial charge in [0.1, 0.15) is 17.5 Å². The predicted octanol–water partition coefficient (Wildman–Crippen LogP) is 13.0. The fourth-order valence-electron chi connectivity index (χ4n) is 18.6. The van der Waals surface area contributed by atoms with Crippen molar-refractivity contribution in [1.29, 1.82) is 0 Å². The predicted molar refractivity (Wildman–Crippen MR) is 473 cm³/mol. The van der Waals surface area contributed by atoms with Gasteiger partial charge in [0.15, 0.2) is 40.7 Å². The molecule has 31 heteroatoms. The zero-order chi connectivity index (χ0) is 85.1. The van der Waals surface area contributed by atoms with Crippen LogP contribution in [-0.4, -0.2) is 210 Å². The Morgan fingerprint density at radius 1 is 0.392 bits per heavy atom. The quantitative estimate of drug-likeness (QED) is 0.0536. The highest BCUT2D eigenvalue weighted by Crippen LogP contribution is 2.41. The molecule has 24 heterocycles. The Kier molecular flexibility index (Phi) is 21.8. The topological polar surface area (TPSA) is 314 Å². The minimum absolute atomic E-state index is 0.371. The van der Waals surface area contributed by atoms with Gasteiger partial charge in [0.05, 0.1) is 52.3 Å². The second kappa shape index (κ2) is 34.0. The summed E-state index contributed by atoms with van der Waals surface area (Å²) in [5, 5.41) is 35.4. The Hall–Kier alpha value is -13.4. The molecule has 10 fully saturated rings. The van der Waals surface area contributed by atoms with E-state index >= 15 is 0 Å². The van der Waals surface area contributed by atoms with Crippen molar-refractivity contribution in [3.63, 3.8) is 0 Å². The molecule has 0 aromatic carbocycles. The van der Waals surface area contributed by atoms with Gasteiger partial charge in [-0.15, -0.1) is 0 Å². The molecule has 15 aromatic rings. The Morgan fingerprint density at radius 3 is 1.18 bits per heavy atom. The molecule has 9 saturated heterocycles. The average molecular weight is 1670 g/mol. The fourth-order valence-corrected chi connectivity index (χ4v) is 18.6. The lowest BCUT2D eigenvalue weighted by atomic mass is 9.87. The summed E-state index contributed by atoms with van der Waals surface area (Å²) in [5.74, 6) is 8.14. The third-order valence-corrected chi connectivity index (χ3v) is 25.0. The van der Waals surface area contributed by atoms with E-state index in [4.69, 9.17) is 44.9 Å². The number of piperidine rings is 3. The number of aromatic amines is 3. The molecule has 6 bridgehead atoms. The molecule has 0 spiro atoms. The molecule has 15 aromatic heterocycles. The van der Waals surface area contributed by atoms with Crippen molar-refractivity contribution in [2.24, 2.45) is 0 Å². The van der Waals surface area contributed by atoms with Crippen LogP contribution in [0.5, 0.6) is 0 Å². The van der Waals surface area contributed by atoms with Gasteiger partial charge >= 0.3 is 0 Å². The van der Waals surface area contributed by atoms with Crippen LogP contribution in [0.1, 0.15) is 160 Å². The molecule has 30 nitrogen and oxygen atoms in total. The monoisotopic (exact) mass is 1670 g/mol. The van der Waals surface area contributed by atoms with E-state index in [2.05, 4.69) is 202 Å². The largest absolute Gasteiger partial charge is 0.353 e. The SMILES string of the molecule is Cc1cc(Cc2cc(C)[nH]n2)nc(-c2ccc(N3CC4CC(C3)N4Cc3ccc(-n4nc(C)cc4C)nc3)nc2)n1.Cc1cc(Cc2cc(C)[nH]n2)nc(-c2ccc(N3CC4CC(C3)N4Cc3ccc(-n4nccc4C(C)C)nc3)nc2)n1.Cc1cc(Cc2cc(C3CC3)n[nH]2)nc(-c2ccc(N3CC4CC(C3)N4Cc3ccc(-n4cc(F)cn4)nc3)nc2)n1. The second-order valence-electron chi connectivity index (χ2n) is 35.1. The molecule has 10 aliphatic rings. The summed E-state index contributed by atoms with van der Waals surface area (Å²) in [6.07, 6.45) is 24.1. The van der Waals surface area contributed by atoms with Crippen LogP contribution in [0, 0.1) is 54.3 Å². The van der Waals surface area contributed by atoms with E-state index in [-0.39, 0.29) is 5.82 Å². The molecule has 0 radical (unpaired) electrons. The number of hydrogen-bond acceptors (Lipinski definition) is 24. The Labute approximate surface area is 724 Å². The number of aryl methyl sites for hydroxylation is 7. The highest BCUT2D eigenvalue weighted by molar-refractivity contribution is 5.60. The Bertz CT molecular complexity index is 6270. The maximum atomic E-state index is 13.3. The number of nitrogens with zero attached hydrogens (tertiary/aromatic N) is 27. The standard InChI is InChI=1S/C32H36N10.C31H31FN10.C31H34N10/c1-20(2)29-9-10-35-42(29)31-7-5-23(15-33-31)17-41-27-14-28(41)19-40(18-27)30-8-6-24(16-34-30)32-36-21(3)11-25(37-32)13-26-12-22(4)38-39-26;1-19-8-24(9-25-10-28(39-38-25)21-3-4-21)37-31(36-19)22-5-7-29(34-13-22)40-17-26-11-27(18-40)41(26)15-20-2-6-30(33-12-20)42-16-23(32)14-35-42;1-19-10-25(12-26-11-20(2)36-37-26)35-31(34-19)24-6-8-29(33-15-24)39-17-27-13-28(18-39)40(27)16-23-5-7-30(32-14-23)41-22(4)9-21(3)38-41/h5-12,15-16,20,27-28H,13-14,17-19H2,1-4H3,(H,38,39);2,5-8,10,12-14,16,21,26-27H,3-4,9,11,15,17-18H2,1H3,(H,38,39);5-11,14-15,27-28H,12-13,16-18H2,1-4H3,(H,36,37). The van der Waals surface area contributed by atoms with E-state index in [1.807, 2.05) is 125 Å². The van der Waals surface area contributed by atoms with Gasteiger partial charge in [-0.05, 0) is 206 Å². The minimum atomic E-state index is -0.371. The van der Waals surface area contributed by atoms with Crippen molar-refractivity contribution in [1.82, 2.24) is 134 Å². The van der Waals surface area contributed by atoms with Crippen molar-refractivity contribution >= 4 is 17.5 Å². The number of pyridine rings is 6. The number of aromatic nitrogens is 24. The van der Waals surface area contributed by atoms with Crippen LogP contribution in [0.3, 0.4) is 0 Å². The van der Waals surface area contributed by atoms with Crippen molar-refractivity contribution < 1.29 is 4.39 Å². The summed E-state index contributed by atoms with van der Waals surface area (Å²) >= 11 is 0. The Balaban J connectivity index is 0.000000119. The summed E-state index contributed by atoms with van der Waals surface area (Å²) in [5.41, 5.74) is 21.7. The fraction of sp³-hybridized carbons (Fsp3) is 0.362. The summed E-state index contributed by atoms with van der Waals surface area (Å²) in [7, 11) is 0. The van der Waals surface area contributed by atoms with Crippen molar-refractivity contribution in [3.8, 4) is 51.6 Å². The molecule has 1 saturated carbocycles. The van der Waals surface area contributed by atoms with E-state index in [0.717, 1.165) is 184 Å². The molecule has 0 amide bonds. The molecule has 6 atom stereocenters. The number of rotatable bonds is 23. The van der Waals surface area contributed by atoms with Gasteiger partial charge in [0.25, 0.3) is 0 Å². The number of nitrogens with one attached hydrogen (secondary N) is 3. The van der Waals surface area contributed by atoms with E-state index in [1.54, 1.807) is 0 Å². The van der Waals surface area contributed by atoms with Gasteiger partial charge in [-0.3, -0.25) is 30.0 Å². The smallest absolute Gasteiger partial charge is 0.161 e. The van der Waals surface area contributed by atoms with Gasteiger partial charge in [-0.2, -0.15) is 30.6 Å². The lowest BCUT2D eigenvalue weighted by molar-refractivity contribution is -0.00877. The second-order valence-corrected chi connectivity index (χ2v) is 35.1. The lowest BCUT2D eigenvalue weighted by Gasteiger charge is -2.56. The third-order valence-electron chi connectivity index (χ3n) is 25.0. The van der Waals surface area contributed by atoms with Crippen LogP contribution in [-0.2, 0) is 38.9 Å². The van der Waals surface area contributed by atoms with Gasteiger partial charge < -0.3 is 14.7 Å². The molecule has 3 N–H and O–H groups in total. The van der Waals surface area contributed by atoms with Gasteiger partial charge in [0.2, 0.25) is 0 Å². The van der Waals surface area contributed by atoms with Crippen LogP contribution in [0.2, 0.25) is 0 Å². The zero-order valence-corrected chi connectivity index (χ0v) is 71.8. The first-order valence-electron chi connectivity index (χ1n) is 43.5. The van der Waals surface area contributed by atoms with E-state index in [0.29, 0.717) is 90.6 Å². The first-order valence-corrected chi connectivity index (χ1v) is 43.5. The highest BCUT2D eigenvalue weighted by Gasteiger charge is 2.47. The first kappa shape index (κ1) is 80.0. The van der Waals surface area contributed by atoms with Crippen LogP contribution in [0.25, 0.3) is 51.6 Å².